The van der Waals surface area contributed by atoms with E-state index < -0.39 is 0 Å². The van der Waals surface area contributed by atoms with Crippen molar-refractivity contribution < 1.29 is 4.63 Å². The van der Waals surface area contributed by atoms with Crippen LogP contribution in [0.15, 0.2) is 22.5 Å². The Labute approximate surface area is 111 Å². The summed E-state index contributed by atoms with van der Waals surface area (Å²) in [5.74, 6) is 0. The lowest BCUT2D eigenvalue weighted by molar-refractivity contribution is 0.315. The normalized spacial score (nSPS) is 9.56. The fourth-order valence-corrected chi connectivity index (χ4v) is 1.79. The van der Waals surface area contributed by atoms with Gasteiger partial charge in [-0.1, -0.05) is 23.2 Å². The van der Waals surface area contributed by atoms with Crippen LogP contribution in [0.1, 0.15) is 0 Å². The molecule has 0 aliphatic heterocycles. The molecule has 2 rings (SSSR count). The van der Waals surface area contributed by atoms with Gasteiger partial charge in [-0.3, -0.25) is 0 Å². The minimum atomic E-state index is -0.106. The molecule has 1 aromatic carbocycles. The Balaban J connectivity index is 2.53. The zero-order valence-electron chi connectivity index (χ0n) is 8.61. The second-order valence-corrected chi connectivity index (χ2v) is 3.92. The number of allylic oxidation sites excluding steroid dienone is 1. The standard InChI is InChI=1S/C10H3Cl2N5O/c11-6-1-7(12)9-10(17-18-16-9)8(6)15-4-5(2-13)3-14/h1,4,15H. The highest BCUT2D eigenvalue weighted by Crippen LogP contribution is 2.34. The van der Waals surface area contributed by atoms with E-state index >= 15 is 0 Å². The van der Waals surface area contributed by atoms with Gasteiger partial charge in [0, 0.05) is 6.20 Å². The van der Waals surface area contributed by atoms with Crippen molar-refractivity contribution >= 4 is 39.9 Å². The van der Waals surface area contributed by atoms with Crippen LogP contribution in [0.4, 0.5) is 5.69 Å². The van der Waals surface area contributed by atoms with E-state index in [0.717, 1.165) is 0 Å². The van der Waals surface area contributed by atoms with E-state index in [1.54, 1.807) is 12.1 Å². The smallest absolute Gasteiger partial charge is 0.161 e. The molecular weight excluding hydrogens is 277 g/mol. The van der Waals surface area contributed by atoms with Gasteiger partial charge in [-0.2, -0.15) is 10.5 Å². The largest absolute Gasteiger partial charge is 0.357 e. The fraction of sp³-hybridized carbons (Fsp3) is 0. The number of hydrogen-bond donors (Lipinski definition) is 1. The number of anilines is 1. The molecule has 0 spiro atoms. The maximum absolute atomic E-state index is 8.61. The Morgan fingerprint density at radius 1 is 1.22 bits per heavy atom. The Kier molecular flexibility index (Phi) is 3.33. The number of hydrogen-bond acceptors (Lipinski definition) is 6. The predicted molar refractivity (Wildman–Crippen MR) is 64.8 cm³/mol. The SMILES string of the molecule is N#CC(C#N)=CNc1c(Cl)cc(Cl)c2nonc12. The first-order valence-corrected chi connectivity index (χ1v) is 5.30. The summed E-state index contributed by atoms with van der Waals surface area (Å²) in [6.45, 7) is 0. The number of halogens is 2. The van der Waals surface area contributed by atoms with Crippen molar-refractivity contribution in [3.63, 3.8) is 0 Å². The van der Waals surface area contributed by atoms with Crippen LogP contribution in [-0.4, -0.2) is 10.3 Å². The van der Waals surface area contributed by atoms with Crippen LogP contribution in [0, 0.1) is 22.7 Å². The topological polar surface area (TPSA) is 98.5 Å². The average molecular weight is 280 g/mol. The summed E-state index contributed by atoms with van der Waals surface area (Å²) < 4.78 is 4.57. The zero-order chi connectivity index (χ0) is 13.1. The molecule has 6 nitrogen and oxygen atoms in total. The van der Waals surface area contributed by atoms with Crippen molar-refractivity contribution in [2.45, 2.75) is 0 Å². The molecule has 0 aliphatic rings. The summed E-state index contributed by atoms with van der Waals surface area (Å²) in [6.07, 6.45) is 1.21. The van der Waals surface area contributed by atoms with Crippen LogP contribution < -0.4 is 5.32 Å². The fourth-order valence-electron chi connectivity index (χ4n) is 1.25. The van der Waals surface area contributed by atoms with E-state index in [9.17, 15) is 0 Å². The van der Waals surface area contributed by atoms with Crippen LogP contribution in [0.25, 0.3) is 11.0 Å². The molecule has 1 heterocycles. The highest BCUT2D eigenvalue weighted by atomic mass is 35.5. The van der Waals surface area contributed by atoms with Gasteiger partial charge in [-0.05, 0) is 16.4 Å². The third-order valence-corrected chi connectivity index (χ3v) is 2.63. The van der Waals surface area contributed by atoms with Crippen LogP contribution in [0.2, 0.25) is 10.0 Å². The average Bonchev–Trinajstić information content (AvgIpc) is 2.83. The Bertz CT molecular complexity index is 706. The minimum absolute atomic E-state index is 0.106. The van der Waals surface area contributed by atoms with Crippen molar-refractivity contribution in [1.29, 1.82) is 10.5 Å². The Morgan fingerprint density at radius 3 is 2.56 bits per heavy atom. The Hall–Kier alpha value is -2.28. The molecule has 1 N–H and O–H groups in total. The van der Waals surface area contributed by atoms with Gasteiger partial charge in [0.05, 0.1) is 15.7 Å². The first-order chi connectivity index (χ1) is 8.67. The van der Waals surface area contributed by atoms with Crippen molar-refractivity contribution in [2.75, 3.05) is 5.32 Å². The molecule has 0 saturated carbocycles. The third kappa shape index (κ3) is 2.07. The second kappa shape index (κ2) is 4.92. The van der Waals surface area contributed by atoms with Crippen LogP contribution in [0.3, 0.4) is 0 Å². The molecule has 0 atom stereocenters. The number of fused-ring (bicyclic) bond motifs is 1. The molecule has 18 heavy (non-hydrogen) atoms. The molecular formula is C10H3Cl2N5O. The van der Waals surface area contributed by atoms with Gasteiger partial charge < -0.3 is 5.32 Å². The number of aromatic nitrogens is 2. The summed E-state index contributed by atoms with van der Waals surface area (Å²) in [5.41, 5.74) is 0.914. The summed E-state index contributed by atoms with van der Waals surface area (Å²) in [6, 6.07) is 4.87. The Morgan fingerprint density at radius 2 is 1.89 bits per heavy atom. The van der Waals surface area contributed by atoms with Crippen LogP contribution in [-0.2, 0) is 0 Å². The summed E-state index contributed by atoms with van der Waals surface area (Å²) in [7, 11) is 0. The number of nitriles is 2. The van der Waals surface area contributed by atoms with Crippen LogP contribution in [0.5, 0.6) is 0 Å². The third-order valence-electron chi connectivity index (χ3n) is 2.05. The summed E-state index contributed by atoms with van der Waals surface area (Å²) in [5, 5.41) is 27.8. The van der Waals surface area contributed by atoms with Crippen molar-refractivity contribution in [3.05, 3.63) is 27.9 Å². The lowest BCUT2D eigenvalue weighted by Crippen LogP contribution is -1.93. The van der Waals surface area contributed by atoms with Gasteiger partial charge in [0.15, 0.2) is 11.0 Å². The van der Waals surface area contributed by atoms with Crippen molar-refractivity contribution in [3.8, 4) is 12.1 Å². The van der Waals surface area contributed by atoms with Gasteiger partial charge in [0.1, 0.15) is 17.7 Å². The molecule has 0 amide bonds. The van der Waals surface area contributed by atoms with Gasteiger partial charge in [-0.25, -0.2) is 4.63 Å². The van der Waals surface area contributed by atoms with Crippen molar-refractivity contribution in [2.24, 2.45) is 0 Å². The van der Waals surface area contributed by atoms with E-state index in [1.165, 1.54) is 12.3 Å². The van der Waals surface area contributed by atoms with E-state index in [0.29, 0.717) is 21.7 Å². The van der Waals surface area contributed by atoms with E-state index in [-0.39, 0.29) is 10.6 Å². The molecule has 0 aliphatic carbocycles. The maximum Gasteiger partial charge on any atom is 0.161 e. The maximum atomic E-state index is 8.61. The number of benzene rings is 1. The molecule has 0 saturated heterocycles. The van der Waals surface area contributed by atoms with Gasteiger partial charge >= 0.3 is 0 Å². The molecule has 8 heteroatoms. The number of nitrogens with one attached hydrogen (secondary N) is 1. The van der Waals surface area contributed by atoms with Crippen LogP contribution >= 0.6 is 23.2 Å². The number of nitrogens with zero attached hydrogens (tertiary/aromatic N) is 4. The van der Waals surface area contributed by atoms with Gasteiger partial charge in [0.2, 0.25) is 0 Å². The van der Waals surface area contributed by atoms with E-state index in [1.807, 2.05) is 0 Å². The van der Waals surface area contributed by atoms with Crippen molar-refractivity contribution in [1.82, 2.24) is 10.3 Å². The highest BCUT2D eigenvalue weighted by molar-refractivity contribution is 6.40. The first kappa shape index (κ1) is 12.2. The second-order valence-electron chi connectivity index (χ2n) is 3.10. The van der Waals surface area contributed by atoms with Gasteiger partial charge in [0.25, 0.3) is 0 Å². The monoisotopic (exact) mass is 279 g/mol. The summed E-state index contributed by atoms with van der Waals surface area (Å²) >= 11 is 11.9. The van der Waals surface area contributed by atoms with Gasteiger partial charge in [-0.15, -0.1) is 0 Å². The molecule has 88 valence electrons. The quantitative estimate of drug-likeness (QED) is 0.849. The zero-order valence-corrected chi connectivity index (χ0v) is 10.1. The molecule has 0 bridgehead atoms. The lowest BCUT2D eigenvalue weighted by Gasteiger charge is -2.04. The predicted octanol–water partition coefficient (Wildman–Crippen LogP) is 2.87. The molecule has 0 unspecified atom stereocenters. The highest BCUT2D eigenvalue weighted by Gasteiger charge is 2.14. The summed E-state index contributed by atoms with van der Waals surface area (Å²) in [4.78, 5) is 0. The van der Waals surface area contributed by atoms with E-state index in [2.05, 4.69) is 20.3 Å². The molecule has 2 aromatic rings. The minimum Gasteiger partial charge on any atom is -0.357 e. The molecule has 1 aromatic heterocycles. The van der Waals surface area contributed by atoms with E-state index in [4.69, 9.17) is 33.7 Å². The number of rotatable bonds is 2. The lowest BCUT2D eigenvalue weighted by atomic mass is 10.2. The molecule has 0 radical (unpaired) electrons. The molecule has 0 fully saturated rings. The first-order valence-electron chi connectivity index (χ1n) is 4.54.